The Kier molecular flexibility index (Phi) is 3.09. The zero-order valence-electron chi connectivity index (χ0n) is 7.79. The molecule has 12 heavy (non-hydrogen) atoms. The summed E-state index contributed by atoms with van der Waals surface area (Å²) in [6, 6.07) is 0.629. The predicted octanol–water partition coefficient (Wildman–Crippen LogP) is 1.19. The van der Waals surface area contributed by atoms with Crippen LogP contribution in [0, 0.1) is 5.92 Å². The SMILES string of the molecule is CC(CCC(=O)O)C1CCN1C. The molecule has 70 valence electrons. The van der Waals surface area contributed by atoms with Crippen molar-refractivity contribution in [1.82, 2.24) is 4.90 Å². The summed E-state index contributed by atoms with van der Waals surface area (Å²) in [5.41, 5.74) is 0. The van der Waals surface area contributed by atoms with Crippen LogP contribution < -0.4 is 0 Å². The molecule has 1 heterocycles. The molecule has 1 saturated heterocycles. The molecule has 1 N–H and O–H groups in total. The zero-order valence-corrected chi connectivity index (χ0v) is 7.79. The Morgan fingerprint density at radius 1 is 1.75 bits per heavy atom. The Morgan fingerprint density at radius 3 is 2.75 bits per heavy atom. The highest BCUT2D eigenvalue weighted by Gasteiger charge is 2.29. The highest BCUT2D eigenvalue weighted by Crippen LogP contribution is 2.25. The normalized spacial score (nSPS) is 26.3. The molecule has 2 unspecified atom stereocenters. The predicted molar refractivity (Wildman–Crippen MR) is 47.1 cm³/mol. The average Bonchev–Trinajstić information content (AvgIpc) is 1.98. The minimum absolute atomic E-state index is 0.311. The van der Waals surface area contributed by atoms with E-state index in [-0.39, 0.29) is 0 Å². The Bertz CT molecular complexity index is 170. The lowest BCUT2D eigenvalue weighted by Gasteiger charge is -2.41. The van der Waals surface area contributed by atoms with Crippen LogP contribution in [0.15, 0.2) is 0 Å². The van der Waals surface area contributed by atoms with Crippen LogP contribution in [-0.4, -0.2) is 35.6 Å². The van der Waals surface area contributed by atoms with Gasteiger partial charge in [-0.2, -0.15) is 0 Å². The van der Waals surface area contributed by atoms with E-state index in [0.717, 1.165) is 6.42 Å². The van der Waals surface area contributed by atoms with E-state index in [1.807, 2.05) is 0 Å². The molecule has 0 aromatic heterocycles. The first-order chi connectivity index (χ1) is 5.61. The fraction of sp³-hybridized carbons (Fsp3) is 0.889. The van der Waals surface area contributed by atoms with E-state index in [9.17, 15) is 4.79 Å². The number of nitrogens with zero attached hydrogens (tertiary/aromatic N) is 1. The van der Waals surface area contributed by atoms with Crippen molar-refractivity contribution in [3.8, 4) is 0 Å². The lowest BCUT2D eigenvalue weighted by molar-refractivity contribution is -0.137. The molecule has 0 spiro atoms. The van der Waals surface area contributed by atoms with Crippen molar-refractivity contribution >= 4 is 5.97 Å². The molecule has 1 fully saturated rings. The number of aliphatic carboxylic acids is 1. The van der Waals surface area contributed by atoms with Crippen molar-refractivity contribution in [3.63, 3.8) is 0 Å². The third kappa shape index (κ3) is 2.21. The van der Waals surface area contributed by atoms with Gasteiger partial charge in [-0.3, -0.25) is 4.79 Å². The summed E-state index contributed by atoms with van der Waals surface area (Å²) in [6.07, 6.45) is 2.35. The first-order valence-electron chi connectivity index (χ1n) is 4.53. The van der Waals surface area contributed by atoms with Crippen molar-refractivity contribution in [1.29, 1.82) is 0 Å². The van der Waals surface area contributed by atoms with Gasteiger partial charge in [-0.25, -0.2) is 0 Å². The van der Waals surface area contributed by atoms with E-state index in [4.69, 9.17) is 5.11 Å². The van der Waals surface area contributed by atoms with Crippen LogP contribution in [0.2, 0.25) is 0 Å². The smallest absolute Gasteiger partial charge is 0.303 e. The molecule has 3 nitrogen and oxygen atoms in total. The topological polar surface area (TPSA) is 40.5 Å². The molecular weight excluding hydrogens is 154 g/mol. The molecule has 0 amide bonds. The Balaban J connectivity index is 2.19. The third-order valence-electron chi connectivity index (χ3n) is 2.81. The highest BCUT2D eigenvalue weighted by molar-refractivity contribution is 5.66. The number of carbonyl (C=O) groups is 1. The molecular formula is C9H17NO2. The lowest BCUT2D eigenvalue weighted by Crippen LogP contribution is -2.48. The molecule has 0 saturated carbocycles. The third-order valence-corrected chi connectivity index (χ3v) is 2.81. The molecule has 0 aromatic carbocycles. The van der Waals surface area contributed by atoms with Gasteiger partial charge in [0, 0.05) is 12.5 Å². The summed E-state index contributed by atoms with van der Waals surface area (Å²) < 4.78 is 0. The van der Waals surface area contributed by atoms with Gasteiger partial charge in [0.1, 0.15) is 0 Å². The molecule has 0 bridgehead atoms. The van der Waals surface area contributed by atoms with Crippen molar-refractivity contribution in [2.75, 3.05) is 13.6 Å². The molecule has 2 atom stereocenters. The highest BCUT2D eigenvalue weighted by atomic mass is 16.4. The lowest BCUT2D eigenvalue weighted by atomic mass is 9.88. The largest absolute Gasteiger partial charge is 0.481 e. The maximum absolute atomic E-state index is 10.3. The minimum atomic E-state index is -0.677. The van der Waals surface area contributed by atoms with Gasteiger partial charge >= 0.3 is 5.97 Å². The number of carboxylic acids is 1. The van der Waals surface area contributed by atoms with Crippen LogP contribution in [0.5, 0.6) is 0 Å². The number of likely N-dealkylation sites (tertiary alicyclic amines) is 1. The summed E-state index contributed by atoms with van der Waals surface area (Å²) >= 11 is 0. The monoisotopic (exact) mass is 171 g/mol. The van der Waals surface area contributed by atoms with Crippen LogP contribution in [0.25, 0.3) is 0 Å². The van der Waals surface area contributed by atoms with Gasteiger partial charge in [0.15, 0.2) is 0 Å². The van der Waals surface area contributed by atoms with E-state index in [1.54, 1.807) is 0 Å². The number of hydrogen-bond donors (Lipinski definition) is 1. The van der Waals surface area contributed by atoms with Crippen molar-refractivity contribution in [2.24, 2.45) is 5.92 Å². The minimum Gasteiger partial charge on any atom is -0.481 e. The van der Waals surface area contributed by atoms with Crippen LogP contribution in [0.3, 0.4) is 0 Å². The molecule has 0 radical (unpaired) electrons. The summed E-state index contributed by atoms with van der Waals surface area (Å²) in [5.74, 6) is -0.149. The fourth-order valence-corrected chi connectivity index (χ4v) is 1.80. The van der Waals surface area contributed by atoms with E-state index in [0.29, 0.717) is 18.4 Å². The summed E-state index contributed by atoms with van der Waals surface area (Å²) in [5, 5.41) is 8.49. The Labute approximate surface area is 73.4 Å². The maximum atomic E-state index is 10.3. The molecule has 1 aliphatic heterocycles. The number of hydrogen-bond acceptors (Lipinski definition) is 2. The van der Waals surface area contributed by atoms with Gasteiger partial charge in [-0.05, 0) is 32.4 Å². The van der Waals surface area contributed by atoms with Crippen LogP contribution in [0.4, 0.5) is 0 Å². The van der Waals surface area contributed by atoms with E-state index < -0.39 is 5.97 Å². The van der Waals surface area contributed by atoms with Gasteiger partial charge < -0.3 is 10.0 Å². The van der Waals surface area contributed by atoms with E-state index in [2.05, 4.69) is 18.9 Å². The van der Waals surface area contributed by atoms with Gasteiger partial charge in [0.2, 0.25) is 0 Å². The quantitative estimate of drug-likeness (QED) is 0.690. The second kappa shape index (κ2) is 3.90. The molecule has 0 aromatic rings. The molecule has 1 rings (SSSR count). The second-order valence-electron chi connectivity index (χ2n) is 3.75. The zero-order chi connectivity index (χ0) is 9.14. The fourth-order valence-electron chi connectivity index (χ4n) is 1.80. The maximum Gasteiger partial charge on any atom is 0.303 e. The molecule has 0 aliphatic carbocycles. The van der Waals surface area contributed by atoms with Crippen LogP contribution in [0.1, 0.15) is 26.2 Å². The van der Waals surface area contributed by atoms with Gasteiger partial charge in [-0.15, -0.1) is 0 Å². The number of carboxylic acid groups (broad SMARTS) is 1. The standard InChI is InChI=1S/C9H17NO2/c1-7(3-4-9(11)12)8-5-6-10(8)2/h7-8H,3-6H2,1-2H3,(H,11,12). The van der Waals surface area contributed by atoms with Crippen molar-refractivity contribution in [3.05, 3.63) is 0 Å². The van der Waals surface area contributed by atoms with E-state index >= 15 is 0 Å². The Hall–Kier alpha value is -0.570. The van der Waals surface area contributed by atoms with Gasteiger partial charge in [0.25, 0.3) is 0 Å². The molecule has 3 heteroatoms. The number of rotatable bonds is 4. The van der Waals surface area contributed by atoms with Gasteiger partial charge in [-0.1, -0.05) is 6.92 Å². The Morgan fingerprint density at radius 2 is 2.42 bits per heavy atom. The van der Waals surface area contributed by atoms with Crippen molar-refractivity contribution in [2.45, 2.75) is 32.2 Å². The first kappa shape index (κ1) is 9.52. The van der Waals surface area contributed by atoms with E-state index in [1.165, 1.54) is 13.0 Å². The summed E-state index contributed by atoms with van der Waals surface area (Å²) in [4.78, 5) is 12.6. The van der Waals surface area contributed by atoms with Crippen molar-refractivity contribution < 1.29 is 9.90 Å². The van der Waals surface area contributed by atoms with Crippen LogP contribution in [-0.2, 0) is 4.79 Å². The molecule has 1 aliphatic rings. The summed E-state index contributed by atoms with van der Waals surface area (Å²) in [7, 11) is 2.10. The first-order valence-corrected chi connectivity index (χ1v) is 4.53. The van der Waals surface area contributed by atoms with Gasteiger partial charge in [0.05, 0.1) is 0 Å². The van der Waals surface area contributed by atoms with Crippen LogP contribution >= 0.6 is 0 Å². The summed E-state index contributed by atoms with van der Waals surface area (Å²) in [6.45, 7) is 3.31. The second-order valence-corrected chi connectivity index (χ2v) is 3.75. The average molecular weight is 171 g/mol.